The molecule has 1 aromatic heterocycles. The van der Waals surface area contributed by atoms with Gasteiger partial charge in [-0.3, -0.25) is 0 Å². The maximum Gasteiger partial charge on any atom is 0.241 e. The van der Waals surface area contributed by atoms with Crippen LogP contribution in [0.5, 0.6) is 0 Å². The van der Waals surface area contributed by atoms with E-state index in [9.17, 15) is 8.42 Å². The Labute approximate surface area is 125 Å². The van der Waals surface area contributed by atoms with Gasteiger partial charge in [0.1, 0.15) is 0 Å². The Balaban J connectivity index is 2.31. The molecule has 2 rings (SSSR count). The molecule has 0 amide bonds. The van der Waals surface area contributed by atoms with Gasteiger partial charge in [0.05, 0.1) is 23.5 Å². The van der Waals surface area contributed by atoms with E-state index >= 15 is 0 Å². The third-order valence-corrected chi connectivity index (χ3v) is 4.87. The van der Waals surface area contributed by atoms with Crippen molar-refractivity contribution >= 4 is 10.0 Å². The smallest absolute Gasteiger partial charge is 0.241 e. The van der Waals surface area contributed by atoms with Crippen LogP contribution < -0.4 is 4.72 Å². The topological polar surface area (TPSA) is 59.3 Å². The van der Waals surface area contributed by atoms with E-state index in [1.807, 2.05) is 13.8 Å². The van der Waals surface area contributed by atoms with Gasteiger partial charge in [-0.05, 0) is 31.0 Å². The van der Waals surface area contributed by atoms with Gasteiger partial charge in [-0.1, -0.05) is 30.7 Å². The number of hydrogen-bond acceptors (Lipinski definition) is 3. The molecule has 112 valence electrons. The predicted molar refractivity (Wildman–Crippen MR) is 82.3 cm³/mol. The summed E-state index contributed by atoms with van der Waals surface area (Å²) < 4.78 is 32.8. The van der Waals surface area contributed by atoms with Crippen molar-refractivity contribution in [2.75, 3.05) is 0 Å². The van der Waals surface area contributed by atoms with Gasteiger partial charge in [0.25, 0.3) is 0 Å². The Morgan fingerprint density at radius 2 is 1.90 bits per heavy atom. The third-order valence-electron chi connectivity index (χ3n) is 3.41. The standard InChI is InChI=1S/C16H19NO3S/c1-4-13(3)16(14-9-10-20-11-14)17-21(18,19)15-7-5-12(2)6-8-15/h4-11,13,16-17H,1H2,2-3H3. The summed E-state index contributed by atoms with van der Waals surface area (Å²) in [7, 11) is -3.60. The van der Waals surface area contributed by atoms with Crippen LogP contribution in [0.3, 0.4) is 0 Å². The normalized spacial score (nSPS) is 14.6. The van der Waals surface area contributed by atoms with Gasteiger partial charge in [0.15, 0.2) is 0 Å². The van der Waals surface area contributed by atoms with Gasteiger partial charge in [0.2, 0.25) is 10.0 Å². The second-order valence-corrected chi connectivity index (χ2v) is 6.78. The Morgan fingerprint density at radius 3 is 2.43 bits per heavy atom. The zero-order valence-corrected chi connectivity index (χ0v) is 12.9. The van der Waals surface area contributed by atoms with Crippen molar-refractivity contribution < 1.29 is 12.8 Å². The molecule has 4 nitrogen and oxygen atoms in total. The van der Waals surface area contributed by atoms with Gasteiger partial charge >= 0.3 is 0 Å². The van der Waals surface area contributed by atoms with Crippen LogP contribution in [0.2, 0.25) is 0 Å². The van der Waals surface area contributed by atoms with Crippen LogP contribution in [0.25, 0.3) is 0 Å². The van der Waals surface area contributed by atoms with Crippen LogP contribution >= 0.6 is 0 Å². The van der Waals surface area contributed by atoms with Crippen LogP contribution in [0.4, 0.5) is 0 Å². The first-order chi connectivity index (χ1) is 9.94. The summed E-state index contributed by atoms with van der Waals surface area (Å²) >= 11 is 0. The van der Waals surface area contributed by atoms with Crippen molar-refractivity contribution in [3.8, 4) is 0 Å². The van der Waals surface area contributed by atoms with Crippen molar-refractivity contribution in [2.45, 2.75) is 24.8 Å². The highest BCUT2D eigenvalue weighted by Crippen LogP contribution is 2.25. The number of furan rings is 1. The van der Waals surface area contributed by atoms with E-state index < -0.39 is 16.1 Å². The maximum absolute atomic E-state index is 12.5. The molecule has 0 fully saturated rings. The maximum atomic E-state index is 12.5. The second-order valence-electron chi connectivity index (χ2n) is 5.06. The van der Waals surface area contributed by atoms with E-state index in [1.54, 1.807) is 42.7 Å². The minimum absolute atomic E-state index is 0.0668. The first-order valence-electron chi connectivity index (χ1n) is 6.67. The molecule has 2 unspecified atom stereocenters. The number of rotatable bonds is 6. The molecule has 0 saturated carbocycles. The summed E-state index contributed by atoms with van der Waals surface area (Å²) in [5, 5.41) is 0. The lowest BCUT2D eigenvalue weighted by atomic mass is 9.98. The summed E-state index contributed by atoms with van der Waals surface area (Å²) in [5.41, 5.74) is 1.79. The lowest BCUT2D eigenvalue weighted by molar-refractivity contribution is 0.488. The number of nitrogens with one attached hydrogen (secondary N) is 1. The zero-order valence-electron chi connectivity index (χ0n) is 12.1. The molecule has 0 saturated heterocycles. The molecule has 2 aromatic rings. The molecular formula is C16H19NO3S. The first-order valence-corrected chi connectivity index (χ1v) is 8.16. The van der Waals surface area contributed by atoms with Gasteiger partial charge in [-0.15, -0.1) is 6.58 Å². The Hall–Kier alpha value is -1.85. The Bertz CT molecular complexity index is 688. The monoisotopic (exact) mass is 305 g/mol. The van der Waals surface area contributed by atoms with E-state index in [0.29, 0.717) is 0 Å². The summed E-state index contributed by atoms with van der Waals surface area (Å²) in [5.74, 6) is -0.0668. The molecule has 21 heavy (non-hydrogen) atoms. The SMILES string of the molecule is C=CC(C)C(NS(=O)(=O)c1ccc(C)cc1)c1ccoc1. The van der Waals surface area contributed by atoms with Crippen LogP contribution in [0.1, 0.15) is 24.1 Å². The molecule has 0 bridgehead atoms. The highest BCUT2D eigenvalue weighted by Gasteiger charge is 2.25. The predicted octanol–water partition coefficient (Wildman–Crippen LogP) is 3.43. The lowest BCUT2D eigenvalue weighted by Gasteiger charge is -2.21. The van der Waals surface area contributed by atoms with Crippen LogP contribution in [0, 0.1) is 12.8 Å². The fraction of sp³-hybridized carbons (Fsp3) is 0.250. The lowest BCUT2D eigenvalue weighted by Crippen LogP contribution is -2.31. The minimum Gasteiger partial charge on any atom is -0.472 e. The van der Waals surface area contributed by atoms with Gasteiger partial charge < -0.3 is 4.42 Å². The minimum atomic E-state index is -3.60. The summed E-state index contributed by atoms with van der Waals surface area (Å²) in [6, 6.07) is 8.09. The molecule has 0 aliphatic heterocycles. The molecule has 1 aromatic carbocycles. The quantitative estimate of drug-likeness (QED) is 0.832. The van der Waals surface area contributed by atoms with Crippen molar-refractivity contribution in [3.63, 3.8) is 0 Å². The van der Waals surface area contributed by atoms with Gasteiger partial charge in [-0.2, -0.15) is 0 Å². The van der Waals surface area contributed by atoms with Crippen LogP contribution in [-0.2, 0) is 10.0 Å². The fourth-order valence-corrected chi connectivity index (χ4v) is 3.34. The average Bonchev–Trinajstić information content (AvgIpc) is 2.98. The number of aryl methyl sites for hydroxylation is 1. The molecule has 0 spiro atoms. The van der Waals surface area contributed by atoms with Crippen LogP contribution in [-0.4, -0.2) is 8.42 Å². The van der Waals surface area contributed by atoms with Crippen LogP contribution in [0.15, 0.2) is 64.8 Å². The van der Waals surface area contributed by atoms with Crippen molar-refractivity contribution in [2.24, 2.45) is 5.92 Å². The van der Waals surface area contributed by atoms with E-state index in [0.717, 1.165) is 11.1 Å². The summed E-state index contributed by atoms with van der Waals surface area (Å²) in [6.45, 7) is 7.56. The molecule has 1 N–H and O–H groups in total. The molecule has 0 radical (unpaired) electrons. The van der Waals surface area contributed by atoms with Gasteiger partial charge in [0, 0.05) is 5.56 Å². The van der Waals surface area contributed by atoms with Gasteiger partial charge in [-0.25, -0.2) is 13.1 Å². The van der Waals surface area contributed by atoms with E-state index in [4.69, 9.17) is 4.42 Å². The second kappa shape index (κ2) is 6.28. The fourth-order valence-electron chi connectivity index (χ4n) is 2.02. The molecule has 2 atom stereocenters. The zero-order chi connectivity index (χ0) is 15.5. The Morgan fingerprint density at radius 1 is 1.24 bits per heavy atom. The van der Waals surface area contributed by atoms with Crippen molar-refractivity contribution in [1.82, 2.24) is 4.72 Å². The van der Waals surface area contributed by atoms with E-state index in [1.165, 1.54) is 6.26 Å². The first kappa shape index (κ1) is 15.5. The largest absolute Gasteiger partial charge is 0.472 e. The summed E-state index contributed by atoms with van der Waals surface area (Å²) in [6.07, 6.45) is 4.79. The molecule has 1 heterocycles. The highest BCUT2D eigenvalue weighted by molar-refractivity contribution is 7.89. The highest BCUT2D eigenvalue weighted by atomic mass is 32.2. The average molecular weight is 305 g/mol. The van der Waals surface area contributed by atoms with E-state index in [2.05, 4.69) is 11.3 Å². The van der Waals surface area contributed by atoms with Crippen molar-refractivity contribution in [1.29, 1.82) is 0 Å². The third kappa shape index (κ3) is 3.62. The number of benzene rings is 1. The number of sulfonamides is 1. The molecule has 0 aliphatic carbocycles. The number of hydrogen-bond donors (Lipinski definition) is 1. The molecule has 5 heteroatoms. The van der Waals surface area contributed by atoms with Crippen molar-refractivity contribution in [3.05, 3.63) is 66.6 Å². The van der Waals surface area contributed by atoms with E-state index in [-0.39, 0.29) is 10.8 Å². The molecule has 0 aliphatic rings. The summed E-state index contributed by atoms with van der Waals surface area (Å²) in [4.78, 5) is 0.248. The Kier molecular flexibility index (Phi) is 4.65. The molecular weight excluding hydrogens is 286 g/mol.